The van der Waals surface area contributed by atoms with E-state index in [1.165, 1.54) is 23.5 Å². The number of benzene rings is 1. The first-order valence-electron chi connectivity index (χ1n) is 9.70. The lowest BCUT2D eigenvalue weighted by Gasteiger charge is -2.19. The van der Waals surface area contributed by atoms with Crippen molar-refractivity contribution in [2.24, 2.45) is 0 Å². The van der Waals surface area contributed by atoms with Crippen LogP contribution in [0.4, 0.5) is 0 Å². The molecule has 2 atom stereocenters. The third-order valence-corrected chi connectivity index (χ3v) is 6.83. The zero-order chi connectivity index (χ0) is 24.8. The Kier molecular flexibility index (Phi) is 13.1. The van der Waals surface area contributed by atoms with Crippen molar-refractivity contribution < 1.29 is 34.2 Å². The molecule has 0 aliphatic rings. The van der Waals surface area contributed by atoms with Gasteiger partial charge in [0.2, 0.25) is 17.7 Å². The molecule has 0 heterocycles. The number of thioether (sulfide) groups is 2. The first-order valence-corrected chi connectivity index (χ1v) is 12.1. The second-order valence-electron chi connectivity index (χ2n) is 6.70. The summed E-state index contributed by atoms with van der Waals surface area (Å²) in [7, 11) is 0. The second-order valence-corrected chi connectivity index (χ2v) is 9.90. The number of thiocarbonyl (C=S) groups is 1. The lowest BCUT2D eigenvalue weighted by Crippen LogP contribution is -2.49. The lowest BCUT2D eigenvalue weighted by molar-refractivity contribution is -0.142. The smallest absolute Gasteiger partial charge is 0.326 e. The van der Waals surface area contributed by atoms with Gasteiger partial charge in [0, 0.05) is 24.9 Å². The molecule has 0 aliphatic carbocycles. The molecule has 10 nitrogen and oxygen atoms in total. The predicted octanol–water partition coefficient (Wildman–Crippen LogP) is 0.993. The average Bonchev–Trinajstić information content (AvgIpc) is 2.76. The highest BCUT2D eigenvalue weighted by Crippen LogP contribution is 2.22. The van der Waals surface area contributed by atoms with Crippen molar-refractivity contribution in [2.75, 3.05) is 12.3 Å². The number of hydrogen-bond donors (Lipinski definition) is 5. The van der Waals surface area contributed by atoms with E-state index in [0.29, 0.717) is 9.28 Å². The van der Waals surface area contributed by atoms with Crippen molar-refractivity contribution in [3.63, 3.8) is 0 Å². The Morgan fingerprint density at radius 3 is 2.24 bits per heavy atom. The molecule has 3 amide bonds. The van der Waals surface area contributed by atoms with E-state index >= 15 is 0 Å². The molecule has 0 aliphatic heterocycles. The summed E-state index contributed by atoms with van der Waals surface area (Å²) >= 11 is 7.87. The van der Waals surface area contributed by atoms with Crippen LogP contribution in [0.3, 0.4) is 0 Å². The fourth-order valence-electron chi connectivity index (χ4n) is 2.42. The van der Waals surface area contributed by atoms with Crippen LogP contribution in [0.25, 0.3) is 0 Å². The summed E-state index contributed by atoms with van der Waals surface area (Å²) in [6.07, 6.45) is -0.444. The minimum atomic E-state index is -1.29. The molecule has 0 saturated carbocycles. The maximum Gasteiger partial charge on any atom is 0.326 e. The Hall–Kier alpha value is -2.64. The summed E-state index contributed by atoms with van der Waals surface area (Å²) < 4.78 is 0.542. The number of carboxylic acid groups (broad SMARTS) is 2. The third-order valence-electron chi connectivity index (χ3n) is 3.97. The second kappa shape index (κ2) is 15.2. The molecule has 33 heavy (non-hydrogen) atoms. The zero-order valence-corrected chi connectivity index (χ0v) is 20.2. The van der Waals surface area contributed by atoms with Gasteiger partial charge in [-0.15, -0.1) is 23.5 Å². The zero-order valence-electron chi connectivity index (χ0n) is 17.7. The molecule has 0 radical (unpaired) electrons. The van der Waals surface area contributed by atoms with Crippen LogP contribution in [-0.2, 0) is 29.7 Å². The van der Waals surface area contributed by atoms with Crippen LogP contribution in [0.15, 0.2) is 30.3 Å². The SMILES string of the molecule is CC(=O)NC(CCC(=O)NC(CSC(=S)SCc1ccccc1)C(=O)NCC(=O)O)C(=O)O. The largest absolute Gasteiger partial charge is 0.480 e. The van der Waals surface area contributed by atoms with Crippen LogP contribution < -0.4 is 16.0 Å². The van der Waals surface area contributed by atoms with Gasteiger partial charge in [-0.1, -0.05) is 42.5 Å². The van der Waals surface area contributed by atoms with E-state index in [4.69, 9.17) is 22.4 Å². The Labute approximate surface area is 204 Å². The number of rotatable bonds is 13. The van der Waals surface area contributed by atoms with Crippen molar-refractivity contribution in [1.29, 1.82) is 0 Å². The summed E-state index contributed by atoms with van der Waals surface area (Å²) in [6.45, 7) is 0.543. The molecule has 2 unspecified atom stereocenters. The van der Waals surface area contributed by atoms with Gasteiger partial charge in [0.05, 0.1) is 0 Å². The number of carboxylic acids is 2. The number of hydrogen-bond acceptors (Lipinski definition) is 8. The van der Waals surface area contributed by atoms with Crippen molar-refractivity contribution >= 4 is 68.9 Å². The fourth-order valence-corrected chi connectivity index (χ4v) is 4.53. The van der Waals surface area contributed by atoms with Gasteiger partial charge in [-0.05, 0) is 12.0 Å². The van der Waals surface area contributed by atoms with E-state index < -0.39 is 48.3 Å². The molecule has 1 rings (SSSR count). The summed E-state index contributed by atoms with van der Waals surface area (Å²) in [5.41, 5.74) is 1.07. The molecule has 0 saturated heterocycles. The lowest BCUT2D eigenvalue weighted by atomic mass is 10.1. The molecule has 1 aromatic rings. The predicted molar refractivity (Wildman–Crippen MR) is 130 cm³/mol. The van der Waals surface area contributed by atoms with Crippen LogP contribution in [-0.4, -0.2) is 67.8 Å². The standard InChI is InChI=1S/C20H25N3O7S3/c1-12(24)22-14(19(29)30)7-8-16(25)23-15(18(28)21-9-17(26)27)11-33-20(31)32-10-13-5-3-2-4-6-13/h2-6,14-15H,7-11H2,1H3,(H,21,28)(H,22,24)(H,23,25)(H,26,27)(H,29,30). The topological polar surface area (TPSA) is 162 Å². The van der Waals surface area contributed by atoms with Gasteiger partial charge < -0.3 is 26.2 Å². The Balaban J connectivity index is 2.64. The van der Waals surface area contributed by atoms with Crippen LogP contribution in [0.1, 0.15) is 25.3 Å². The number of aliphatic carboxylic acids is 2. The first kappa shape index (κ1) is 28.4. The maximum absolute atomic E-state index is 12.4. The van der Waals surface area contributed by atoms with Crippen LogP contribution >= 0.6 is 35.7 Å². The number of amides is 3. The minimum Gasteiger partial charge on any atom is -0.480 e. The van der Waals surface area contributed by atoms with Crippen molar-refractivity contribution in [3.8, 4) is 0 Å². The molecule has 0 bridgehead atoms. The average molecular weight is 516 g/mol. The third kappa shape index (κ3) is 12.8. The summed E-state index contributed by atoms with van der Waals surface area (Å²) in [4.78, 5) is 57.7. The van der Waals surface area contributed by atoms with Crippen molar-refractivity contribution in [2.45, 2.75) is 37.6 Å². The summed E-state index contributed by atoms with van der Waals surface area (Å²) in [6, 6.07) is 7.29. The van der Waals surface area contributed by atoms with E-state index in [2.05, 4.69) is 16.0 Å². The summed E-state index contributed by atoms with van der Waals surface area (Å²) in [5.74, 6) is -3.71. The van der Waals surface area contributed by atoms with Gasteiger partial charge in [-0.3, -0.25) is 19.2 Å². The quantitative estimate of drug-likeness (QED) is 0.240. The van der Waals surface area contributed by atoms with Crippen molar-refractivity contribution in [1.82, 2.24) is 16.0 Å². The molecule has 13 heteroatoms. The fraction of sp³-hybridized carbons (Fsp3) is 0.400. The Morgan fingerprint density at radius 1 is 1.00 bits per heavy atom. The van der Waals surface area contributed by atoms with Gasteiger partial charge in [-0.25, -0.2) is 4.79 Å². The van der Waals surface area contributed by atoms with Gasteiger partial charge in [0.15, 0.2) is 0 Å². The van der Waals surface area contributed by atoms with E-state index in [9.17, 15) is 24.0 Å². The molecular weight excluding hydrogens is 490 g/mol. The summed E-state index contributed by atoms with van der Waals surface area (Å²) in [5, 5.41) is 24.8. The monoisotopic (exact) mass is 515 g/mol. The normalized spacial score (nSPS) is 12.2. The van der Waals surface area contributed by atoms with Gasteiger partial charge >= 0.3 is 11.9 Å². The van der Waals surface area contributed by atoms with Crippen LogP contribution in [0.5, 0.6) is 0 Å². The van der Waals surface area contributed by atoms with Gasteiger partial charge in [0.25, 0.3) is 0 Å². The number of carbonyl (C=O) groups excluding carboxylic acids is 3. The Bertz CT molecular complexity index is 868. The number of nitrogens with one attached hydrogen (secondary N) is 3. The van der Waals surface area contributed by atoms with Crippen molar-refractivity contribution in [3.05, 3.63) is 35.9 Å². The molecule has 5 N–H and O–H groups in total. The molecule has 0 fully saturated rings. The molecule has 1 aromatic carbocycles. The molecule has 0 spiro atoms. The van der Waals surface area contributed by atoms with E-state index in [0.717, 1.165) is 12.5 Å². The van der Waals surface area contributed by atoms with E-state index in [1.54, 1.807) is 0 Å². The van der Waals surface area contributed by atoms with E-state index in [-0.39, 0.29) is 18.6 Å². The van der Waals surface area contributed by atoms with Gasteiger partial charge in [-0.2, -0.15) is 0 Å². The molecular formula is C20H25N3O7S3. The highest BCUT2D eigenvalue weighted by molar-refractivity contribution is 8.46. The number of carbonyl (C=O) groups is 5. The minimum absolute atomic E-state index is 0.0614. The van der Waals surface area contributed by atoms with Crippen LogP contribution in [0, 0.1) is 0 Å². The maximum atomic E-state index is 12.4. The molecule has 0 aromatic heterocycles. The van der Waals surface area contributed by atoms with E-state index in [1.807, 2.05) is 30.3 Å². The Morgan fingerprint density at radius 2 is 1.67 bits per heavy atom. The molecule has 180 valence electrons. The van der Waals surface area contributed by atoms with Crippen LogP contribution in [0.2, 0.25) is 0 Å². The highest BCUT2D eigenvalue weighted by atomic mass is 32.2. The highest BCUT2D eigenvalue weighted by Gasteiger charge is 2.24. The van der Waals surface area contributed by atoms with Gasteiger partial charge in [0.1, 0.15) is 22.2 Å². The first-order chi connectivity index (χ1) is 15.6.